The number of anilines is 1. The molecule has 0 atom stereocenters. The summed E-state index contributed by atoms with van der Waals surface area (Å²) in [4.78, 5) is 18.6. The van der Waals surface area contributed by atoms with E-state index in [1.54, 1.807) is 4.90 Å². The van der Waals surface area contributed by atoms with E-state index < -0.39 is 0 Å². The van der Waals surface area contributed by atoms with Crippen LogP contribution in [0.15, 0.2) is 51.9 Å². The van der Waals surface area contributed by atoms with Gasteiger partial charge in [-0.1, -0.05) is 39.7 Å². The highest BCUT2D eigenvalue weighted by molar-refractivity contribution is 9.10. The summed E-state index contributed by atoms with van der Waals surface area (Å²) in [5, 5.41) is 0. The van der Waals surface area contributed by atoms with Gasteiger partial charge in [-0.2, -0.15) is 0 Å². The molecule has 3 nitrogen and oxygen atoms in total. The zero-order chi connectivity index (χ0) is 15.7. The number of carbonyl (C=O) groups is 1. The predicted molar refractivity (Wildman–Crippen MR) is 93.9 cm³/mol. The van der Waals surface area contributed by atoms with E-state index in [1.807, 2.05) is 31.3 Å². The molecule has 2 aromatic rings. The third-order valence-electron chi connectivity index (χ3n) is 3.84. The number of hydrogen-bond donors (Lipinski definition) is 0. The van der Waals surface area contributed by atoms with E-state index in [4.69, 9.17) is 4.99 Å². The van der Waals surface area contributed by atoms with Gasteiger partial charge in [0, 0.05) is 35.6 Å². The van der Waals surface area contributed by atoms with Crippen LogP contribution in [-0.2, 0) is 4.79 Å². The quantitative estimate of drug-likeness (QED) is 0.760. The fourth-order valence-corrected chi connectivity index (χ4v) is 3.06. The standard InChI is InChI=1S/C18H17BrN2O/c1-12-6-7-16-15(10-12)18(13-4-3-5-14(19)11-13)20-9-8-17(22)21(16)2/h3-7,10-11H,8-9H2,1-2H3. The second-order valence-corrected chi connectivity index (χ2v) is 6.38. The van der Waals surface area contributed by atoms with Gasteiger partial charge in [-0.05, 0) is 31.2 Å². The third kappa shape index (κ3) is 2.83. The van der Waals surface area contributed by atoms with E-state index in [0.717, 1.165) is 32.6 Å². The number of nitrogens with zero attached hydrogens (tertiary/aromatic N) is 2. The summed E-state index contributed by atoms with van der Waals surface area (Å²) in [5.41, 5.74) is 5.08. The summed E-state index contributed by atoms with van der Waals surface area (Å²) < 4.78 is 1.02. The van der Waals surface area contributed by atoms with Gasteiger partial charge in [0.25, 0.3) is 0 Å². The molecule has 1 heterocycles. The van der Waals surface area contributed by atoms with Crippen LogP contribution in [0, 0.1) is 6.92 Å². The molecular formula is C18H17BrN2O. The first kappa shape index (κ1) is 15.0. The highest BCUT2D eigenvalue weighted by Crippen LogP contribution is 2.27. The van der Waals surface area contributed by atoms with Crippen molar-refractivity contribution in [3.8, 4) is 0 Å². The van der Waals surface area contributed by atoms with E-state index >= 15 is 0 Å². The number of benzene rings is 2. The Hall–Kier alpha value is -1.94. The third-order valence-corrected chi connectivity index (χ3v) is 4.33. The number of carbonyl (C=O) groups excluding carboxylic acids is 1. The van der Waals surface area contributed by atoms with Gasteiger partial charge >= 0.3 is 0 Å². The second kappa shape index (κ2) is 6.05. The molecule has 3 rings (SSSR count). The Labute approximate surface area is 138 Å². The molecule has 0 unspecified atom stereocenters. The lowest BCUT2D eigenvalue weighted by Crippen LogP contribution is -2.30. The number of aliphatic imine (C=N–C) groups is 1. The van der Waals surface area contributed by atoms with Crippen molar-refractivity contribution in [2.24, 2.45) is 4.99 Å². The Balaban J connectivity index is 2.22. The van der Waals surface area contributed by atoms with E-state index in [2.05, 4.69) is 41.1 Å². The summed E-state index contributed by atoms with van der Waals surface area (Å²) in [7, 11) is 1.83. The zero-order valence-electron chi connectivity index (χ0n) is 12.6. The maximum Gasteiger partial charge on any atom is 0.228 e. The Morgan fingerprint density at radius 3 is 2.77 bits per heavy atom. The van der Waals surface area contributed by atoms with Gasteiger partial charge in [0.2, 0.25) is 5.91 Å². The minimum Gasteiger partial charge on any atom is -0.315 e. The molecule has 22 heavy (non-hydrogen) atoms. The van der Waals surface area contributed by atoms with Crippen LogP contribution in [0.3, 0.4) is 0 Å². The number of fused-ring (bicyclic) bond motifs is 1. The van der Waals surface area contributed by atoms with Gasteiger partial charge in [0.1, 0.15) is 0 Å². The van der Waals surface area contributed by atoms with E-state index in [1.165, 1.54) is 0 Å². The fourth-order valence-electron chi connectivity index (χ4n) is 2.67. The van der Waals surface area contributed by atoms with Crippen LogP contribution in [0.1, 0.15) is 23.1 Å². The molecule has 112 valence electrons. The summed E-state index contributed by atoms with van der Waals surface area (Å²) in [6.07, 6.45) is 0.432. The SMILES string of the molecule is Cc1ccc2c(c1)C(c1cccc(Br)c1)=NCCC(=O)N2C. The lowest BCUT2D eigenvalue weighted by molar-refractivity contribution is -0.118. The molecule has 0 aliphatic carbocycles. The number of hydrogen-bond acceptors (Lipinski definition) is 2. The van der Waals surface area contributed by atoms with Crippen LogP contribution in [0.4, 0.5) is 5.69 Å². The Morgan fingerprint density at radius 2 is 2.00 bits per heavy atom. The molecule has 1 aliphatic heterocycles. The van der Waals surface area contributed by atoms with Crippen molar-refractivity contribution in [1.82, 2.24) is 0 Å². The van der Waals surface area contributed by atoms with Crippen LogP contribution < -0.4 is 4.90 Å². The van der Waals surface area contributed by atoms with E-state index in [9.17, 15) is 4.79 Å². The van der Waals surface area contributed by atoms with Crippen molar-refractivity contribution in [2.45, 2.75) is 13.3 Å². The van der Waals surface area contributed by atoms with Gasteiger partial charge in [0.15, 0.2) is 0 Å². The lowest BCUT2D eigenvalue weighted by atomic mass is 9.97. The molecule has 0 saturated carbocycles. The molecule has 0 saturated heterocycles. The van der Waals surface area contributed by atoms with Crippen LogP contribution in [0.5, 0.6) is 0 Å². The summed E-state index contributed by atoms with van der Waals surface area (Å²) in [6.45, 7) is 2.57. The average molecular weight is 357 g/mol. The highest BCUT2D eigenvalue weighted by atomic mass is 79.9. The van der Waals surface area contributed by atoms with Crippen molar-refractivity contribution in [2.75, 3.05) is 18.5 Å². The predicted octanol–water partition coefficient (Wildman–Crippen LogP) is 3.96. The summed E-state index contributed by atoms with van der Waals surface area (Å²) in [5.74, 6) is 0.0992. The Bertz CT molecular complexity index is 767. The summed E-state index contributed by atoms with van der Waals surface area (Å²) in [6, 6.07) is 14.3. The average Bonchev–Trinajstić information content (AvgIpc) is 2.49. The first-order valence-corrected chi connectivity index (χ1v) is 8.03. The largest absolute Gasteiger partial charge is 0.315 e. The number of halogens is 1. The van der Waals surface area contributed by atoms with Gasteiger partial charge in [0.05, 0.1) is 11.4 Å². The lowest BCUT2D eigenvalue weighted by Gasteiger charge is -2.24. The van der Waals surface area contributed by atoms with Crippen molar-refractivity contribution in [3.05, 3.63) is 63.6 Å². The molecule has 1 amide bonds. The van der Waals surface area contributed by atoms with Crippen molar-refractivity contribution in [1.29, 1.82) is 0 Å². The molecule has 2 aromatic carbocycles. The number of amides is 1. The van der Waals surface area contributed by atoms with Crippen LogP contribution in [-0.4, -0.2) is 25.2 Å². The molecule has 0 N–H and O–H groups in total. The maximum absolute atomic E-state index is 12.2. The first-order valence-electron chi connectivity index (χ1n) is 7.24. The van der Waals surface area contributed by atoms with E-state index in [-0.39, 0.29) is 5.91 Å². The first-order chi connectivity index (χ1) is 10.6. The highest BCUT2D eigenvalue weighted by Gasteiger charge is 2.21. The smallest absolute Gasteiger partial charge is 0.228 e. The normalized spacial score (nSPS) is 15.0. The van der Waals surface area contributed by atoms with Crippen molar-refractivity contribution < 1.29 is 4.79 Å². The topological polar surface area (TPSA) is 32.7 Å². The molecule has 0 aromatic heterocycles. The minimum absolute atomic E-state index is 0.0992. The van der Waals surface area contributed by atoms with Crippen molar-refractivity contribution in [3.63, 3.8) is 0 Å². The van der Waals surface area contributed by atoms with Gasteiger partial charge in [-0.3, -0.25) is 9.79 Å². The summed E-state index contributed by atoms with van der Waals surface area (Å²) >= 11 is 3.52. The minimum atomic E-state index is 0.0992. The van der Waals surface area contributed by atoms with Crippen LogP contribution in [0.2, 0.25) is 0 Å². The van der Waals surface area contributed by atoms with Gasteiger partial charge < -0.3 is 4.90 Å². The number of rotatable bonds is 1. The van der Waals surface area contributed by atoms with Gasteiger partial charge in [-0.25, -0.2) is 0 Å². The van der Waals surface area contributed by atoms with Crippen LogP contribution in [0.25, 0.3) is 0 Å². The zero-order valence-corrected chi connectivity index (χ0v) is 14.2. The van der Waals surface area contributed by atoms with E-state index in [0.29, 0.717) is 13.0 Å². The maximum atomic E-state index is 12.2. The Kier molecular flexibility index (Phi) is 4.12. The molecule has 1 aliphatic rings. The molecular weight excluding hydrogens is 340 g/mol. The van der Waals surface area contributed by atoms with Crippen LogP contribution >= 0.6 is 15.9 Å². The monoisotopic (exact) mass is 356 g/mol. The molecule has 0 bridgehead atoms. The second-order valence-electron chi connectivity index (χ2n) is 5.46. The number of aryl methyl sites for hydroxylation is 1. The fraction of sp³-hybridized carbons (Fsp3) is 0.222. The molecule has 4 heteroatoms. The van der Waals surface area contributed by atoms with Gasteiger partial charge in [-0.15, -0.1) is 0 Å². The molecule has 0 spiro atoms. The molecule has 0 fully saturated rings. The molecule has 0 radical (unpaired) electrons. The Morgan fingerprint density at radius 1 is 1.18 bits per heavy atom. The van der Waals surface area contributed by atoms with Crippen molar-refractivity contribution >= 4 is 33.2 Å².